The van der Waals surface area contributed by atoms with Crippen molar-refractivity contribution in [3.8, 4) is 5.75 Å². The molecular formula is C16H18F2N2O. The number of hydrazine groups is 1. The third kappa shape index (κ3) is 3.20. The Labute approximate surface area is 122 Å². The lowest BCUT2D eigenvalue weighted by atomic mass is 9.97. The molecule has 0 aromatic heterocycles. The van der Waals surface area contributed by atoms with E-state index in [4.69, 9.17) is 10.6 Å². The summed E-state index contributed by atoms with van der Waals surface area (Å²) in [7, 11) is 0. The lowest BCUT2D eigenvalue weighted by Gasteiger charge is -2.19. The SMILES string of the molecule is CCOc1cccc(C(NN)c2ccc(C)c(F)c2F)c1. The average Bonchev–Trinajstić information content (AvgIpc) is 2.49. The first kappa shape index (κ1) is 15.4. The molecular weight excluding hydrogens is 274 g/mol. The molecule has 0 fully saturated rings. The molecule has 0 aliphatic rings. The number of nitrogens with one attached hydrogen (secondary N) is 1. The summed E-state index contributed by atoms with van der Waals surface area (Å²) in [5.41, 5.74) is 3.65. The van der Waals surface area contributed by atoms with Crippen LogP contribution in [0.25, 0.3) is 0 Å². The molecule has 1 unspecified atom stereocenters. The number of halogens is 2. The van der Waals surface area contributed by atoms with Crippen molar-refractivity contribution in [1.82, 2.24) is 5.43 Å². The van der Waals surface area contributed by atoms with E-state index in [1.54, 1.807) is 24.3 Å². The van der Waals surface area contributed by atoms with Crippen LogP contribution in [0.4, 0.5) is 8.78 Å². The lowest BCUT2D eigenvalue weighted by molar-refractivity contribution is 0.339. The molecule has 3 nitrogen and oxygen atoms in total. The molecule has 0 heterocycles. The molecule has 0 saturated carbocycles. The minimum Gasteiger partial charge on any atom is -0.494 e. The van der Waals surface area contributed by atoms with Gasteiger partial charge in [0.25, 0.3) is 0 Å². The third-order valence-electron chi connectivity index (χ3n) is 3.29. The summed E-state index contributed by atoms with van der Waals surface area (Å²) in [6.07, 6.45) is 0. The maximum absolute atomic E-state index is 14.1. The Hall–Kier alpha value is -1.98. The quantitative estimate of drug-likeness (QED) is 0.657. The van der Waals surface area contributed by atoms with Crippen LogP contribution >= 0.6 is 0 Å². The second-order valence-electron chi connectivity index (χ2n) is 4.70. The molecule has 0 aliphatic carbocycles. The van der Waals surface area contributed by atoms with Crippen molar-refractivity contribution in [3.05, 3.63) is 64.7 Å². The van der Waals surface area contributed by atoms with E-state index < -0.39 is 17.7 Å². The maximum atomic E-state index is 14.1. The summed E-state index contributed by atoms with van der Waals surface area (Å²) in [6, 6.07) is 9.53. The van der Waals surface area contributed by atoms with E-state index in [-0.39, 0.29) is 11.1 Å². The van der Waals surface area contributed by atoms with Crippen LogP contribution in [0, 0.1) is 18.6 Å². The van der Waals surface area contributed by atoms with E-state index >= 15 is 0 Å². The molecule has 1 atom stereocenters. The normalized spacial score (nSPS) is 12.2. The van der Waals surface area contributed by atoms with E-state index in [9.17, 15) is 8.78 Å². The van der Waals surface area contributed by atoms with Gasteiger partial charge in [-0.05, 0) is 37.1 Å². The number of nitrogens with two attached hydrogens (primary N) is 1. The Morgan fingerprint density at radius 3 is 2.62 bits per heavy atom. The van der Waals surface area contributed by atoms with Crippen molar-refractivity contribution in [2.45, 2.75) is 19.9 Å². The Balaban J connectivity index is 2.44. The van der Waals surface area contributed by atoms with E-state index in [0.29, 0.717) is 17.9 Å². The topological polar surface area (TPSA) is 47.3 Å². The Morgan fingerprint density at radius 2 is 1.95 bits per heavy atom. The van der Waals surface area contributed by atoms with Gasteiger partial charge < -0.3 is 4.74 Å². The smallest absolute Gasteiger partial charge is 0.164 e. The Bertz CT molecular complexity index is 632. The molecule has 2 aromatic carbocycles. The van der Waals surface area contributed by atoms with Crippen molar-refractivity contribution in [3.63, 3.8) is 0 Å². The van der Waals surface area contributed by atoms with E-state index in [1.165, 1.54) is 19.1 Å². The first-order valence-electron chi connectivity index (χ1n) is 6.71. The van der Waals surface area contributed by atoms with Crippen LogP contribution < -0.4 is 16.0 Å². The fourth-order valence-electron chi connectivity index (χ4n) is 2.20. The average molecular weight is 292 g/mol. The fraction of sp³-hybridized carbons (Fsp3) is 0.250. The largest absolute Gasteiger partial charge is 0.494 e. The molecule has 0 radical (unpaired) electrons. The standard InChI is InChI=1S/C16H18F2N2O/c1-3-21-12-6-4-5-11(9-12)16(20-19)13-8-7-10(2)14(17)15(13)18/h4-9,16,20H,3,19H2,1-2H3. The molecule has 5 heteroatoms. The highest BCUT2D eigenvalue weighted by atomic mass is 19.2. The van der Waals surface area contributed by atoms with Gasteiger partial charge in [0.05, 0.1) is 12.6 Å². The van der Waals surface area contributed by atoms with Crippen LogP contribution in [0.2, 0.25) is 0 Å². The first-order valence-corrected chi connectivity index (χ1v) is 6.71. The van der Waals surface area contributed by atoms with E-state index in [2.05, 4.69) is 5.43 Å². The summed E-state index contributed by atoms with van der Waals surface area (Å²) in [6.45, 7) is 3.92. The number of hydrogen-bond donors (Lipinski definition) is 2. The highest BCUT2D eigenvalue weighted by Gasteiger charge is 2.20. The van der Waals surface area contributed by atoms with Crippen LogP contribution in [0.5, 0.6) is 5.75 Å². The predicted octanol–water partition coefficient (Wildman–Crippen LogP) is 3.22. The van der Waals surface area contributed by atoms with Gasteiger partial charge in [0, 0.05) is 5.56 Å². The van der Waals surface area contributed by atoms with Gasteiger partial charge in [-0.25, -0.2) is 14.2 Å². The van der Waals surface area contributed by atoms with Crippen molar-refractivity contribution in [1.29, 1.82) is 0 Å². The third-order valence-corrected chi connectivity index (χ3v) is 3.29. The van der Waals surface area contributed by atoms with Gasteiger partial charge in [-0.2, -0.15) is 0 Å². The van der Waals surface area contributed by atoms with Gasteiger partial charge in [-0.1, -0.05) is 24.3 Å². The number of hydrogen-bond acceptors (Lipinski definition) is 3. The predicted molar refractivity (Wildman–Crippen MR) is 77.9 cm³/mol. The molecule has 21 heavy (non-hydrogen) atoms. The molecule has 0 saturated heterocycles. The van der Waals surface area contributed by atoms with Crippen molar-refractivity contribution in [2.75, 3.05) is 6.61 Å². The lowest BCUT2D eigenvalue weighted by Crippen LogP contribution is -2.29. The van der Waals surface area contributed by atoms with Gasteiger partial charge in [-0.15, -0.1) is 0 Å². The Kier molecular flexibility index (Phi) is 4.88. The zero-order valence-corrected chi connectivity index (χ0v) is 12.0. The van der Waals surface area contributed by atoms with Gasteiger partial charge in [-0.3, -0.25) is 5.84 Å². The molecule has 112 valence electrons. The zero-order valence-electron chi connectivity index (χ0n) is 12.0. The van der Waals surface area contributed by atoms with E-state index in [1.807, 2.05) is 6.92 Å². The Morgan fingerprint density at radius 1 is 1.19 bits per heavy atom. The van der Waals surface area contributed by atoms with Gasteiger partial charge in [0.1, 0.15) is 5.75 Å². The fourth-order valence-corrected chi connectivity index (χ4v) is 2.20. The van der Waals surface area contributed by atoms with Crippen molar-refractivity contribution >= 4 is 0 Å². The number of aryl methyl sites for hydroxylation is 1. The van der Waals surface area contributed by atoms with Gasteiger partial charge >= 0.3 is 0 Å². The first-order chi connectivity index (χ1) is 10.1. The van der Waals surface area contributed by atoms with Crippen LogP contribution in [-0.2, 0) is 0 Å². The molecule has 0 bridgehead atoms. The molecule has 2 rings (SSSR count). The molecule has 3 N–H and O–H groups in total. The number of benzene rings is 2. The van der Waals surface area contributed by atoms with Crippen molar-refractivity contribution < 1.29 is 13.5 Å². The van der Waals surface area contributed by atoms with Crippen LogP contribution in [0.15, 0.2) is 36.4 Å². The molecule has 0 spiro atoms. The maximum Gasteiger partial charge on any atom is 0.164 e. The minimum atomic E-state index is -0.889. The summed E-state index contributed by atoms with van der Waals surface area (Å²) in [4.78, 5) is 0. The van der Waals surface area contributed by atoms with Crippen LogP contribution in [-0.4, -0.2) is 6.61 Å². The minimum absolute atomic E-state index is 0.161. The van der Waals surface area contributed by atoms with Crippen LogP contribution in [0.1, 0.15) is 29.7 Å². The zero-order chi connectivity index (χ0) is 15.4. The van der Waals surface area contributed by atoms with E-state index in [0.717, 1.165) is 0 Å². The van der Waals surface area contributed by atoms with Gasteiger partial charge in [0.2, 0.25) is 0 Å². The van der Waals surface area contributed by atoms with Crippen molar-refractivity contribution in [2.24, 2.45) is 5.84 Å². The highest BCUT2D eigenvalue weighted by molar-refractivity contribution is 5.38. The second-order valence-corrected chi connectivity index (χ2v) is 4.70. The van der Waals surface area contributed by atoms with Crippen LogP contribution in [0.3, 0.4) is 0 Å². The van der Waals surface area contributed by atoms with Gasteiger partial charge in [0.15, 0.2) is 11.6 Å². The number of ether oxygens (including phenoxy) is 1. The summed E-state index contributed by atoms with van der Waals surface area (Å²) in [5.74, 6) is 4.45. The summed E-state index contributed by atoms with van der Waals surface area (Å²) in [5, 5.41) is 0. The molecule has 0 aliphatic heterocycles. The summed E-state index contributed by atoms with van der Waals surface area (Å²) < 4.78 is 33.3. The number of rotatable bonds is 5. The molecule has 2 aromatic rings. The summed E-state index contributed by atoms with van der Waals surface area (Å²) >= 11 is 0. The highest BCUT2D eigenvalue weighted by Crippen LogP contribution is 2.28. The molecule has 0 amide bonds. The second kappa shape index (κ2) is 6.65. The monoisotopic (exact) mass is 292 g/mol.